The van der Waals surface area contributed by atoms with Gasteiger partial charge >= 0.3 is 0 Å². The largest absolute Gasteiger partial charge is 0.494 e. The van der Waals surface area contributed by atoms with Gasteiger partial charge in [0.15, 0.2) is 0 Å². The Kier molecular flexibility index (Phi) is 6.59. The van der Waals surface area contributed by atoms with Crippen LogP contribution in [0.1, 0.15) is 96.1 Å². The molecule has 1 aromatic carbocycles. The van der Waals surface area contributed by atoms with Gasteiger partial charge in [-0.25, -0.2) is 0 Å². The highest BCUT2D eigenvalue weighted by Gasteiger charge is 2.57. The van der Waals surface area contributed by atoms with Crippen LogP contribution in [-0.2, 0) is 11.2 Å². The van der Waals surface area contributed by atoms with E-state index in [1.807, 2.05) is 0 Å². The first-order valence-corrected chi connectivity index (χ1v) is 12.5. The SMILES string of the molecule is CCCCOc1ccc2c(c1)CCC1C2[C@@H](C)CC2(C)C(OCCCC)CCC12. The molecule has 2 nitrogen and oxygen atoms in total. The van der Waals surface area contributed by atoms with Crippen LogP contribution in [0.2, 0.25) is 0 Å². The summed E-state index contributed by atoms with van der Waals surface area (Å²) < 4.78 is 12.5. The third kappa shape index (κ3) is 3.99. The van der Waals surface area contributed by atoms with E-state index in [2.05, 4.69) is 45.9 Å². The Morgan fingerprint density at radius 3 is 2.62 bits per heavy atom. The quantitative estimate of drug-likeness (QED) is 0.433. The normalized spacial score (nSPS) is 35.7. The van der Waals surface area contributed by atoms with Crippen LogP contribution in [-0.4, -0.2) is 19.3 Å². The molecule has 0 aliphatic heterocycles. The molecule has 0 spiro atoms. The van der Waals surface area contributed by atoms with Crippen LogP contribution >= 0.6 is 0 Å². The van der Waals surface area contributed by atoms with Gasteiger partial charge in [-0.05, 0) is 97.3 Å². The van der Waals surface area contributed by atoms with Crippen molar-refractivity contribution < 1.29 is 9.47 Å². The van der Waals surface area contributed by atoms with Gasteiger partial charge in [0.1, 0.15) is 5.75 Å². The zero-order valence-electron chi connectivity index (χ0n) is 19.2. The highest BCUT2D eigenvalue weighted by Crippen LogP contribution is 2.63. The third-order valence-electron chi connectivity index (χ3n) is 8.48. The smallest absolute Gasteiger partial charge is 0.119 e. The number of unbranched alkanes of at least 4 members (excludes halogenated alkanes) is 2. The highest BCUT2D eigenvalue weighted by atomic mass is 16.5. The molecule has 2 fully saturated rings. The summed E-state index contributed by atoms with van der Waals surface area (Å²) in [6, 6.07) is 7.01. The van der Waals surface area contributed by atoms with Gasteiger partial charge in [-0.3, -0.25) is 0 Å². The molecule has 1 aromatic rings. The van der Waals surface area contributed by atoms with Crippen LogP contribution < -0.4 is 4.74 Å². The standard InChI is InChI=1S/C27H42O2/c1-5-7-15-28-21-10-12-22-20(17-21)9-11-23-24-13-14-25(29-16-8-6-2)27(24,4)18-19(3)26(22)23/h10,12,17,19,23-26H,5-9,11,13-16,18H2,1-4H3/t19-,23?,24?,25?,26?,27?/m0/s1. The van der Waals surface area contributed by atoms with Crippen molar-refractivity contribution in [3.8, 4) is 5.75 Å². The molecule has 5 unspecified atom stereocenters. The third-order valence-corrected chi connectivity index (χ3v) is 8.48. The predicted molar refractivity (Wildman–Crippen MR) is 121 cm³/mol. The van der Waals surface area contributed by atoms with Gasteiger partial charge in [0.2, 0.25) is 0 Å². The Balaban J connectivity index is 1.51. The molecule has 0 amide bonds. The van der Waals surface area contributed by atoms with Crippen LogP contribution in [0, 0.1) is 23.2 Å². The molecule has 2 heteroatoms. The van der Waals surface area contributed by atoms with Crippen molar-refractivity contribution in [3.63, 3.8) is 0 Å². The van der Waals surface area contributed by atoms with Gasteiger partial charge < -0.3 is 9.47 Å². The maximum absolute atomic E-state index is 6.46. The average Bonchev–Trinajstić information content (AvgIpc) is 3.04. The maximum atomic E-state index is 6.46. The maximum Gasteiger partial charge on any atom is 0.119 e. The van der Waals surface area contributed by atoms with E-state index in [9.17, 15) is 0 Å². The fourth-order valence-electron chi connectivity index (χ4n) is 7.14. The van der Waals surface area contributed by atoms with Gasteiger partial charge in [0, 0.05) is 6.61 Å². The lowest BCUT2D eigenvalue weighted by Crippen LogP contribution is -2.48. The summed E-state index contributed by atoms with van der Waals surface area (Å²) in [6.07, 6.45) is 11.8. The number of benzene rings is 1. The van der Waals surface area contributed by atoms with Crippen molar-refractivity contribution in [2.24, 2.45) is 23.2 Å². The van der Waals surface area contributed by atoms with Crippen LogP contribution in [0.5, 0.6) is 5.75 Å². The highest BCUT2D eigenvalue weighted by molar-refractivity contribution is 5.41. The van der Waals surface area contributed by atoms with Gasteiger partial charge in [0.05, 0.1) is 12.7 Å². The molecule has 3 aliphatic carbocycles. The summed E-state index contributed by atoms with van der Waals surface area (Å²) in [5.74, 6) is 4.22. The van der Waals surface area contributed by atoms with E-state index in [1.54, 1.807) is 11.1 Å². The molecular formula is C27H42O2. The van der Waals surface area contributed by atoms with Crippen LogP contribution in [0.15, 0.2) is 18.2 Å². The van der Waals surface area contributed by atoms with Crippen molar-refractivity contribution in [1.82, 2.24) is 0 Å². The second-order valence-corrected chi connectivity index (χ2v) is 10.4. The molecule has 0 N–H and O–H groups in total. The van der Waals surface area contributed by atoms with Gasteiger partial charge in [0.25, 0.3) is 0 Å². The minimum Gasteiger partial charge on any atom is -0.494 e. The number of fused-ring (bicyclic) bond motifs is 5. The fourth-order valence-corrected chi connectivity index (χ4v) is 7.14. The van der Waals surface area contributed by atoms with E-state index in [1.165, 1.54) is 51.4 Å². The fraction of sp³-hybridized carbons (Fsp3) is 0.778. The minimum absolute atomic E-state index is 0.384. The van der Waals surface area contributed by atoms with Crippen molar-refractivity contribution in [1.29, 1.82) is 0 Å². The first kappa shape index (κ1) is 21.2. The topological polar surface area (TPSA) is 18.5 Å². The number of hydrogen-bond acceptors (Lipinski definition) is 2. The Labute approximate surface area is 178 Å². The first-order valence-electron chi connectivity index (χ1n) is 12.5. The number of aryl methyl sites for hydroxylation is 1. The summed E-state index contributed by atoms with van der Waals surface area (Å²) >= 11 is 0. The lowest BCUT2D eigenvalue weighted by atomic mass is 9.52. The summed E-state index contributed by atoms with van der Waals surface area (Å²) in [6.45, 7) is 11.4. The Morgan fingerprint density at radius 2 is 1.83 bits per heavy atom. The second kappa shape index (κ2) is 9.00. The molecule has 0 radical (unpaired) electrons. The van der Waals surface area contributed by atoms with E-state index in [4.69, 9.17) is 9.47 Å². The molecular weight excluding hydrogens is 356 g/mol. The van der Waals surface area contributed by atoms with Crippen molar-refractivity contribution in [3.05, 3.63) is 29.3 Å². The first-order chi connectivity index (χ1) is 14.1. The molecule has 29 heavy (non-hydrogen) atoms. The minimum atomic E-state index is 0.384. The van der Waals surface area contributed by atoms with Crippen molar-refractivity contribution >= 4 is 0 Å². The number of ether oxygens (including phenoxy) is 2. The van der Waals surface area contributed by atoms with E-state index >= 15 is 0 Å². The van der Waals surface area contributed by atoms with E-state index in [-0.39, 0.29) is 0 Å². The number of hydrogen-bond donors (Lipinski definition) is 0. The Hall–Kier alpha value is -1.02. The van der Waals surface area contributed by atoms with Crippen LogP contribution in [0.25, 0.3) is 0 Å². The predicted octanol–water partition coefficient (Wildman–Crippen LogP) is 7.15. The van der Waals surface area contributed by atoms with Gasteiger partial charge in [-0.2, -0.15) is 0 Å². The zero-order valence-corrected chi connectivity index (χ0v) is 19.2. The summed E-state index contributed by atoms with van der Waals surface area (Å²) in [7, 11) is 0. The Bertz CT molecular complexity index is 683. The molecule has 6 atom stereocenters. The van der Waals surface area contributed by atoms with E-state index in [0.717, 1.165) is 49.1 Å². The molecule has 0 saturated heterocycles. The monoisotopic (exact) mass is 398 g/mol. The lowest BCUT2D eigenvalue weighted by Gasteiger charge is -2.53. The second-order valence-electron chi connectivity index (χ2n) is 10.4. The molecule has 3 aliphatic rings. The molecule has 0 aromatic heterocycles. The Morgan fingerprint density at radius 1 is 1.03 bits per heavy atom. The number of rotatable bonds is 8. The summed E-state index contributed by atoms with van der Waals surface area (Å²) in [5.41, 5.74) is 3.58. The van der Waals surface area contributed by atoms with E-state index in [0.29, 0.717) is 11.5 Å². The molecule has 0 bridgehead atoms. The average molecular weight is 399 g/mol. The van der Waals surface area contributed by atoms with Gasteiger partial charge in [-0.15, -0.1) is 0 Å². The lowest BCUT2D eigenvalue weighted by molar-refractivity contribution is -0.0786. The molecule has 4 rings (SSSR count). The molecule has 0 heterocycles. The zero-order chi connectivity index (χ0) is 20.4. The van der Waals surface area contributed by atoms with Crippen LogP contribution in [0.4, 0.5) is 0 Å². The summed E-state index contributed by atoms with van der Waals surface area (Å²) in [5, 5.41) is 0. The molecule has 2 saturated carbocycles. The van der Waals surface area contributed by atoms with Gasteiger partial charge in [-0.1, -0.05) is 46.6 Å². The summed E-state index contributed by atoms with van der Waals surface area (Å²) in [4.78, 5) is 0. The molecule has 162 valence electrons. The van der Waals surface area contributed by atoms with Crippen molar-refractivity contribution in [2.75, 3.05) is 13.2 Å². The van der Waals surface area contributed by atoms with E-state index < -0.39 is 0 Å². The van der Waals surface area contributed by atoms with Crippen LogP contribution in [0.3, 0.4) is 0 Å². The van der Waals surface area contributed by atoms with Crippen molar-refractivity contribution in [2.45, 2.75) is 97.5 Å².